The molecular weight excluding hydrogens is 292 g/mol. The second kappa shape index (κ2) is 5.73. The molecule has 7 heteroatoms. The Labute approximate surface area is 126 Å². The summed E-state index contributed by atoms with van der Waals surface area (Å²) in [6, 6.07) is 0. The summed E-state index contributed by atoms with van der Waals surface area (Å²) < 4.78 is 5.56. The molecule has 1 saturated carbocycles. The highest BCUT2D eigenvalue weighted by atomic mass is 32.1. The topological polar surface area (TPSA) is 88.5 Å². The fraction of sp³-hybridized carbons (Fsp3) is 0.643. The number of carbonyl (C=O) groups excluding carboxylic acids is 1. The lowest BCUT2D eigenvalue weighted by Crippen LogP contribution is -2.54. The number of carboxylic acid groups (broad SMARTS) is 1. The number of aromatic nitrogens is 1. The van der Waals surface area contributed by atoms with Crippen LogP contribution in [0.5, 0.6) is 0 Å². The van der Waals surface area contributed by atoms with Crippen LogP contribution in [0, 0.1) is 0 Å². The fourth-order valence-electron chi connectivity index (χ4n) is 2.86. The first-order chi connectivity index (χ1) is 10.1. The van der Waals surface area contributed by atoms with E-state index in [9.17, 15) is 9.59 Å². The van der Waals surface area contributed by atoms with E-state index in [4.69, 9.17) is 9.84 Å². The first-order valence-corrected chi connectivity index (χ1v) is 8.07. The summed E-state index contributed by atoms with van der Waals surface area (Å²) in [5, 5.41) is 14.4. The number of rotatable bonds is 5. The summed E-state index contributed by atoms with van der Waals surface area (Å²) in [5.41, 5.74) is -0.224. The average molecular weight is 310 g/mol. The second-order valence-electron chi connectivity index (χ2n) is 5.73. The third-order valence-corrected chi connectivity index (χ3v) is 5.08. The first-order valence-electron chi connectivity index (χ1n) is 7.19. The van der Waals surface area contributed by atoms with Crippen molar-refractivity contribution in [1.29, 1.82) is 0 Å². The molecule has 1 aromatic heterocycles. The number of hydrogen-bond donors (Lipinski definition) is 2. The van der Waals surface area contributed by atoms with Crippen LogP contribution in [0.25, 0.3) is 0 Å². The Kier molecular flexibility index (Phi) is 3.95. The maximum absolute atomic E-state index is 12.3. The largest absolute Gasteiger partial charge is 0.481 e. The number of thiazole rings is 1. The first kappa shape index (κ1) is 14.5. The van der Waals surface area contributed by atoms with E-state index in [1.165, 1.54) is 11.3 Å². The minimum absolute atomic E-state index is 0.00762. The van der Waals surface area contributed by atoms with E-state index in [1.54, 1.807) is 5.38 Å². The molecule has 21 heavy (non-hydrogen) atoms. The van der Waals surface area contributed by atoms with Gasteiger partial charge in [0.15, 0.2) is 0 Å². The van der Waals surface area contributed by atoms with Crippen molar-refractivity contribution in [2.24, 2.45) is 0 Å². The van der Waals surface area contributed by atoms with Crippen LogP contribution in [0.15, 0.2) is 5.38 Å². The van der Waals surface area contributed by atoms with Crippen molar-refractivity contribution in [1.82, 2.24) is 10.3 Å². The van der Waals surface area contributed by atoms with E-state index in [2.05, 4.69) is 10.3 Å². The van der Waals surface area contributed by atoms with Gasteiger partial charge in [-0.05, 0) is 32.1 Å². The number of nitrogens with one attached hydrogen (secondary N) is 1. The van der Waals surface area contributed by atoms with Crippen molar-refractivity contribution >= 4 is 23.2 Å². The highest BCUT2D eigenvalue weighted by Crippen LogP contribution is 2.35. The third kappa shape index (κ3) is 3.08. The van der Waals surface area contributed by atoms with Gasteiger partial charge >= 0.3 is 5.97 Å². The summed E-state index contributed by atoms with van der Waals surface area (Å²) in [4.78, 5) is 27.5. The molecule has 1 aromatic rings. The Balaban J connectivity index is 1.66. The summed E-state index contributed by atoms with van der Waals surface area (Å²) in [7, 11) is 0. The van der Waals surface area contributed by atoms with E-state index in [0.717, 1.165) is 30.9 Å². The number of amides is 1. The average Bonchev–Trinajstić information content (AvgIpc) is 3.05. The fourth-order valence-corrected chi connectivity index (χ4v) is 3.74. The van der Waals surface area contributed by atoms with Gasteiger partial charge in [-0.1, -0.05) is 0 Å². The molecule has 0 aromatic carbocycles. The smallest absolute Gasteiger partial charge is 0.305 e. The van der Waals surface area contributed by atoms with Gasteiger partial charge in [0.25, 0.3) is 5.91 Å². The third-order valence-electron chi connectivity index (χ3n) is 4.14. The SMILES string of the molecule is O=C(O)CC1(NC(=O)c2csc(C3CCCO3)n2)CCC1. The van der Waals surface area contributed by atoms with Gasteiger partial charge in [-0.15, -0.1) is 11.3 Å². The summed E-state index contributed by atoms with van der Waals surface area (Å²) in [6.07, 6.45) is 4.33. The molecule has 1 aliphatic carbocycles. The highest BCUT2D eigenvalue weighted by Gasteiger charge is 2.40. The van der Waals surface area contributed by atoms with Crippen LogP contribution in [-0.2, 0) is 9.53 Å². The maximum atomic E-state index is 12.3. The molecule has 0 bridgehead atoms. The standard InChI is InChI=1S/C14H18N2O4S/c17-11(18)7-14(4-2-5-14)16-12(19)9-8-21-13(15-9)10-3-1-6-20-10/h8,10H,1-7H2,(H,16,19)(H,17,18). The van der Waals surface area contributed by atoms with E-state index in [1.807, 2.05) is 0 Å². The Hall–Kier alpha value is -1.47. The zero-order valence-corrected chi connectivity index (χ0v) is 12.4. The van der Waals surface area contributed by atoms with Crippen LogP contribution in [-0.4, -0.2) is 34.1 Å². The van der Waals surface area contributed by atoms with Crippen molar-refractivity contribution in [3.63, 3.8) is 0 Å². The van der Waals surface area contributed by atoms with Crippen LogP contribution in [0.2, 0.25) is 0 Å². The van der Waals surface area contributed by atoms with E-state index in [-0.39, 0.29) is 18.4 Å². The van der Waals surface area contributed by atoms with E-state index < -0.39 is 11.5 Å². The zero-order valence-electron chi connectivity index (χ0n) is 11.6. The minimum atomic E-state index is -0.881. The highest BCUT2D eigenvalue weighted by molar-refractivity contribution is 7.09. The van der Waals surface area contributed by atoms with Gasteiger partial charge < -0.3 is 15.2 Å². The second-order valence-corrected chi connectivity index (χ2v) is 6.62. The Morgan fingerprint density at radius 2 is 2.29 bits per heavy atom. The molecule has 6 nitrogen and oxygen atoms in total. The number of aliphatic carboxylic acids is 1. The van der Waals surface area contributed by atoms with Crippen LogP contribution in [0.4, 0.5) is 0 Å². The van der Waals surface area contributed by atoms with Crippen molar-refractivity contribution < 1.29 is 19.4 Å². The quantitative estimate of drug-likeness (QED) is 0.869. The lowest BCUT2D eigenvalue weighted by Gasteiger charge is -2.41. The molecule has 2 N–H and O–H groups in total. The molecule has 1 atom stereocenters. The van der Waals surface area contributed by atoms with Gasteiger partial charge in [0.2, 0.25) is 0 Å². The minimum Gasteiger partial charge on any atom is -0.481 e. The molecule has 114 valence electrons. The molecule has 1 saturated heterocycles. The van der Waals surface area contributed by atoms with Crippen LogP contribution in [0.1, 0.15) is 60.1 Å². The van der Waals surface area contributed by atoms with Crippen LogP contribution >= 0.6 is 11.3 Å². The molecule has 0 radical (unpaired) electrons. The Morgan fingerprint density at radius 1 is 1.48 bits per heavy atom. The number of hydrogen-bond acceptors (Lipinski definition) is 5. The monoisotopic (exact) mass is 310 g/mol. The Bertz CT molecular complexity index is 547. The lowest BCUT2D eigenvalue weighted by atomic mass is 9.74. The number of nitrogens with zero attached hydrogens (tertiary/aromatic N) is 1. The summed E-state index contributed by atoms with van der Waals surface area (Å²) >= 11 is 1.43. The summed E-state index contributed by atoms with van der Waals surface area (Å²) in [6.45, 7) is 0.744. The molecule has 1 unspecified atom stereocenters. The predicted molar refractivity (Wildman–Crippen MR) is 76.3 cm³/mol. The summed E-state index contributed by atoms with van der Waals surface area (Å²) in [5.74, 6) is -1.16. The molecule has 2 heterocycles. The van der Waals surface area contributed by atoms with Gasteiger partial charge in [-0.25, -0.2) is 4.98 Å². The van der Waals surface area contributed by atoms with Gasteiger partial charge in [-0.3, -0.25) is 9.59 Å². The normalized spacial score (nSPS) is 23.5. The molecule has 1 amide bonds. The van der Waals surface area contributed by atoms with Gasteiger partial charge in [-0.2, -0.15) is 0 Å². The number of carboxylic acids is 1. The molecule has 3 rings (SSSR count). The lowest BCUT2D eigenvalue weighted by molar-refractivity contribution is -0.139. The van der Waals surface area contributed by atoms with Crippen molar-refractivity contribution in [2.75, 3.05) is 6.61 Å². The maximum Gasteiger partial charge on any atom is 0.305 e. The van der Waals surface area contributed by atoms with Gasteiger partial charge in [0, 0.05) is 12.0 Å². The van der Waals surface area contributed by atoms with Crippen LogP contribution < -0.4 is 5.32 Å². The van der Waals surface area contributed by atoms with Crippen molar-refractivity contribution in [3.8, 4) is 0 Å². The molecule has 0 spiro atoms. The van der Waals surface area contributed by atoms with Gasteiger partial charge in [0.1, 0.15) is 16.8 Å². The van der Waals surface area contributed by atoms with E-state index >= 15 is 0 Å². The van der Waals surface area contributed by atoms with Gasteiger partial charge in [0.05, 0.1) is 12.0 Å². The van der Waals surface area contributed by atoms with Crippen molar-refractivity contribution in [2.45, 2.75) is 50.2 Å². The van der Waals surface area contributed by atoms with Crippen LogP contribution in [0.3, 0.4) is 0 Å². The molecule has 1 aliphatic heterocycles. The number of ether oxygens (including phenoxy) is 1. The van der Waals surface area contributed by atoms with Crippen molar-refractivity contribution in [3.05, 3.63) is 16.1 Å². The molecular formula is C14H18N2O4S. The number of carbonyl (C=O) groups is 2. The Morgan fingerprint density at radius 3 is 2.86 bits per heavy atom. The molecule has 2 aliphatic rings. The zero-order chi connectivity index (χ0) is 14.9. The predicted octanol–water partition coefficient (Wildman–Crippen LogP) is 2.12. The van der Waals surface area contributed by atoms with E-state index in [0.29, 0.717) is 18.5 Å². The molecule has 2 fully saturated rings.